The number of halogens is 1. The Morgan fingerprint density at radius 1 is 1.17 bits per heavy atom. The Balaban J connectivity index is 1.46. The molecule has 0 bridgehead atoms. The van der Waals surface area contributed by atoms with Crippen LogP contribution in [0.4, 0.5) is 5.13 Å². The number of amides is 1. The molecule has 0 aliphatic carbocycles. The first-order valence-corrected chi connectivity index (χ1v) is 11.1. The largest absolute Gasteiger partial charge is 0.451 e. The van der Waals surface area contributed by atoms with Gasteiger partial charge >= 0.3 is 0 Å². The maximum Gasteiger partial charge on any atom is 0.293 e. The van der Waals surface area contributed by atoms with Crippen molar-refractivity contribution in [2.24, 2.45) is 0 Å². The Bertz CT molecular complexity index is 1200. The third-order valence-electron chi connectivity index (χ3n) is 4.48. The van der Waals surface area contributed by atoms with Gasteiger partial charge in [0.1, 0.15) is 5.58 Å². The zero-order valence-electron chi connectivity index (χ0n) is 16.1. The van der Waals surface area contributed by atoms with Gasteiger partial charge in [0.15, 0.2) is 10.1 Å². The van der Waals surface area contributed by atoms with Crippen molar-refractivity contribution in [2.75, 3.05) is 5.32 Å². The van der Waals surface area contributed by atoms with E-state index in [9.17, 15) is 4.79 Å². The first-order valence-electron chi connectivity index (χ1n) is 8.93. The minimum Gasteiger partial charge on any atom is -0.451 e. The third kappa shape index (κ3) is 4.32. The minimum atomic E-state index is -0.318. The molecule has 8 heteroatoms. The van der Waals surface area contributed by atoms with Crippen molar-refractivity contribution in [1.82, 2.24) is 10.2 Å². The van der Waals surface area contributed by atoms with E-state index in [2.05, 4.69) is 21.6 Å². The van der Waals surface area contributed by atoms with E-state index in [0.29, 0.717) is 15.9 Å². The summed E-state index contributed by atoms with van der Waals surface area (Å²) in [6.07, 6.45) is 0. The Morgan fingerprint density at radius 2 is 1.93 bits per heavy atom. The normalized spacial score (nSPS) is 11.2. The number of carbonyl (C=O) groups excluding carboxylic acids is 1. The summed E-state index contributed by atoms with van der Waals surface area (Å²) in [5.74, 6) is 0.738. The van der Waals surface area contributed by atoms with Gasteiger partial charge in [0, 0.05) is 21.7 Å². The molecule has 29 heavy (non-hydrogen) atoms. The van der Waals surface area contributed by atoms with Crippen LogP contribution in [-0.2, 0) is 5.75 Å². The summed E-state index contributed by atoms with van der Waals surface area (Å²) < 4.78 is 6.63. The second-order valence-corrected chi connectivity index (χ2v) is 9.39. The van der Waals surface area contributed by atoms with Crippen molar-refractivity contribution < 1.29 is 9.21 Å². The molecule has 5 nitrogen and oxygen atoms in total. The molecule has 0 spiro atoms. The van der Waals surface area contributed by atoms with Crippen LogP contribution in [0.25, 0.3) is 11.0 Å². The monoisotopic (exact) mass is 443 g/mol. The number of anilines is 1. The van der Waals surface area contributed by atoms with Gasteiger partial charge in [-0.3, -0.25) is 10.1 Å². The fourth-order valence-electron chi connectivity index (χ4n) is 3.20. The number of rotatable bonds is 5. The molecular weight excluding hydrogens is 426 g/mol. The number of furan rings is 1. The van der Waals surface area contributed by atoms with E-state index in [0.717, 1.165) is 43.3 Å². The predicted molar refractivity (Wildman–Crippen MR) is 119 cm³/mol. The molecule has 0 saturated carbocycles. The topological polar surface area (TPSA) is 68.0 Å². The van der Waals surface area contributed by atoms with E-state index >= 15 is 0 Å². The lowest BCUT2D eigenvalue weighted by Crippen LogP contribution is -2.11. The highest BCUT2D eigenvalue weighted by Gasteiger charge is 2.20. The molecule has 4 aromatic rings. The van der Waals surface area contributed by atoms with Crippen molar-refractivity contribution in [3.63, 3.8) is 0 Å². The molecule has 0 aliphatic rings. The molecule has 0 saturated heterocycles. The number of thioether (sulfide) groups is 1. The fourth-order valence-corrected chi connectivity index (χ4v) is 5.03. The van der Waals surface area contributed by atoms with Crippen molar-refractivity contribution in [3.8, 4) is 0 Å². The van der Waals surface area contributed by atoms with E-state index in [1.807, 2.05) is 51.1 Å². The molecule has 2 aromatic carbocycles. The van der Waals surface area contributed by atoms with Gasteiger partial charge in [-0.25, -0.2) is 0 Å². The highest BCUT2D eigenvalue weighted by atomic mass is 35.5. The lowest BCUT2D eigenvalue weighted by Gasteiger charge is -1.99. The van der Waals surface area contributed by atoms with Gasteiger partial charge < -0.3 is 4.42 Å². The van der Waals surface area contributed by atoms with E-state index in [4.69, 9.17) is 16.0 Å². The summed E-state index contributed by atoms with van der Waals surface area (Å²) >= 11 is 8.81. The number of benzene rings is 2. The Morgan fingerprint density at radius 3 is 2.69 bits per heavy atom. The molecule has 4 rings (SSSR count). The molecule has 0 fully saturated rings. The van der Waals surface area contributed by atoms with Crippen LogP contribution < -0.4 is 5.32 Å². The molecule has 2 aromatic heterocycles. The first-order chi connectivity index (χ1) is 13.9. The Kier molecular flexibility index (Phi) is 5.63. The quantitative estimate of drug-likeness (QED) is 0.285. The summed E-state index contributed by atoms with van der Waals surface area (Å²) in [5, 5.41) is 13.2. The molecule has 1 N–H and O–H groups in total. The maximum absolute atomic E-state index is 12.7. The summed E-state index contributed by atoms with van der Waals surface area (Å²) in [6.45, 7) is 5.93. The van der Waals surface area contributed by atoms with E-state index in [1.54, 1.807) is 11.8 Å². The summed E-state index contributed by atoms with van der Waals surface area (Å²) in [5.41, 5.74) is 4.89. The van der Waals surface area contributed by atoms with E-state index < -0.39 is 0 Å². The van der Waals surface area contributed by atoms with Gasteiger partial charge in [0.2, 0.25) is 5.13 Å². The molecule has 0 atom stereocenters. The van der Waals surface area contributed by atoms with Crippen LogP contribution in [0.15, 0.2) is 45.2 Å². The van der Waals surface area contributed by atoms with Crippen molar-refractivity contribution >= 4 is 56.7 Å². The van der Waals surface area contributed by atoms with Gasteiger partial charge in [0.25, 0.3) is 5.91 Å². The number of carbonyl (C=O) groups is 1. The number of fused-ring (bicyclic) bond motifs is 1. The lowest BCUT2D eigenvalue weighted by molar-refractivity contribution is 0.0998. The smallest absolute Gasteiger partial charge is 0.293 e. The molecule has 148 valence electrons. The molecule has 1 amide bonds. The number of nitrogens with zero attached hydrogens (tertiary/aromatic N) is 2. The van der Waals surface area contributed by atoms with Gasteiger partial charge in [-0.1, -0.05) is 52.9 Å². The Hall–Kier alpha value is -2.35. The van der Waals surface area contributed by atoms with Gasteiger partial charge in [-0.2, -0.15) is 0 Å². The molecule has 2 heterocycles. The zero-order chi connectivity index (χ0) is 20.5. The number of hydrogen-bond acceptors (Lipinski definition) is 6. The molecule has 0 unspecified atom stereocenters. The standard InChI is InChI=1S/C21H18ClN3O2S2/c1-11-8-12(2)17-13(3)18(27-16(17)9-11)19(26)23-20-24-25-21(29-20)28-10-14-4-6-15(22)7-5-14/h4-9H,10H2,1-3H3,(H,23,24,26). The van der Waals surface area contributed by atoms with Crippen LogP contribution in [0.5, 0.6) is 0 Å². The van der Waals surface area contributed by atoms with Crippen LogP contribution >= 0.6 is 34.7 Å². The number of nitrogens with one attached hydrogen (secondary N) is 1. The number of aryl methyl sites for hydroxylation is 3. The molecule has 0 aliphatic heterocycles. The first kappa shape index (κ1) is 19.9. The minimum absolute atomic E-state index is 0.305. The SMILES string of the molecule is Cc1cc(C)c2c(C)c(C(=O)Nc3nnc(SCc4ccc(Cl)cc4)s3)oc2c1. The zero-order valence-corrected chi connectivity index (χ0v) is 18.5. The average Bonchev–Trinajstić information content (AvgIpc) is 3.25. The maximum atomic E-state index is 12.7. The fraction of sp³-hybridized carbons (Fsp3) is 0.190. The highest BCUT2D eigenvalue weighted by Crippen LogP contribution is 2.31. The van der Waals surface area contributed by atoms with Gasteiger partial charge in [-0.15, -0.1) is 10.2 Å². The van der Waals surface area contributed by atoms with Crippen LogP contribution in [0.3, 0.4) is 0 Å². The van der Waals surface area contributed by atoms with Crippen molar-refractivity contribution in [3.05, 3.63) is 69.4 Å². The summed E-state index contributed by atoms with van der Waals surface area (Å²) in [6, 6.07) is 11.7. The predicted octanol–water partition coefficient (Wildman–Crippen LogP) is 6.41. The van der Waals surface area contributed by atoms with E-state index in [1.165, 1.54) is 11.3 Å². The second-order valence-electron chi connectivity index (χ2n) is 6.75. The van der Waals surface area contributed by atoms with Gasteiger partial charge in [0.05, 0.1) is 0 Å². The molecular formula is C21H18ClN3O2S2. The van der Waals surface area contributed by atoms with Crippen molar-refractivity contribution in [2.45, 2.75) is 30.9 Å². The third-order valence-corrected chi connectivity index (χ3v) is 6.78. The average molecular weight is 444 g/mol. The van der Waals surface area contributed by atoms with Crippen molar-refractivity contribution in [1.29, 1.82) is 0 Å². The van der Waals surface area contributed by atoms with Crippen LogP contribution in [0.1, 0.15) is 32.8 Å². The van der Waals surface area contributed by atoms with Gasteiger partial charge in [-0.05, 0) is 55.7 Å². The molecule has 0 radical (unpaired) electrons. The second kappa shape index (κ2) is 8.18. The van der Waals surface area contributed by atoms with Crippen LogP contribution in [-0.4, -0.2) is 16.1 Å². The highest BCUT2D eigenvalue weighted by molar-refractivity contribution is 8.00. The van der Waals surface area contributed by atoms with Crippen LogP contribution in [0.2, 0.25) is 5.02 Å². The van der Waals surface area contributed by atoms with Crippen LogP contribution in [0, 0.1) is 20.8 Å². The summed E-state index contributed by atoms with van der Waals surface area (Å²) in [4.78, 5) is 12.7. The lowest BCUT2D eigenvalue weighted by atomic mass is 10.0. The summed E-state index contributed by atoms with van der Waals surface area (Å²) in [7, 11) is 0. The van der Waals surface area contributed by atoms with E-state index in [-0.39, 0.29) is 5.91 Å². The Labute approximate surface area is 181 Å². The number of hydrogen-bond donors (Lipinski definition) is 1. The number of aromatic nitrogens is 2.